The zero-order valence-corrected chi connectivity index (χ0v) is 18.3. The van der Waals surface area contributed by atoms with Gasteiger partial charge in [-0.05, 0) is 49.5 Å². The fraction of sp³-hybridized carbons (Fsp3) is 0.826. The number of Topliss-reactive ketones (excluding diaryl/α,β-unsaturated/α-hetero) is 1. The Kier molecular flexibility index (Phi) is 4.28. The van der Waals surface area contributed by atoms with E-state index in [-0.39, 0.29) is 12.2 Å². The summed E-state index contributed by atoms with van der Waals surface area (Å²) in [6.07, 6.45) is -0.994. The molecule has 6 unspecified atom stereocenters. The summed E-state index contributed by atoms with van der Waals surface area (Å²) in [7, 11) is 0. The maximum Gasteiger partial charge on any atom is 0.322 e. The molecule has 0 aromatic carbocycles. The van der Waals surface area contributed by atoms with E-state index in [1.54, 1.807) is 6.92 Å². The molecule has 2 saturated heterocycles. The minimum absolute atomic E-state index is 0.0368. The molecule has 8 heteroatoms. The van der Waals surface area contributed by atoms with E-state index in [4.69, 9.17) is 15.2 Å². The van der Waals surface area contributed by atoms with E-state index in [1.165, 1.54) is 0 Å². The first-order valence-corrected chi connectivity index (χ1v) is 11.3. The number of carbonyl (C=O) groups excluding carboxylic acids is 2. The molecule has 6 aliphatic rings. The Morgan fingerprint density at radius 2 is 1.94 bits per heavy atom. The smallest absolute Gasteiger partial charge is 0.322 e. The van der Waals surface area contributed by atoms with Gasteiger partial charge in [-0.15, -0.1) is 0 Å². The van der Waals surface area contributed by atoms with E-state index < -0.39 is 75.9 Å². The van der Waals surface area contributed by atoms with Crippen LogP contribution in [0.15, 0.2) is 12.2 Å². The van der Waals surface area contributed by atoms with Gasteiger partial charge in [-0.25, -0.2) is 0 Å². The van der Waals surface area contributed by atoms with Gasteiger partial charge in [0.25, 0.3) is 0 Å². The predicted molar refractivity (Wildman–Crippen MR) is 108 cm³/mol. The number of rotatable bonds is 2. The van der Waals surface area contributed by atoms with Crippen molar-refractivity contribution in [2.75, 3.05) is 6.61 Å². The maximum absolute atomic E-state index is 13.6. The van der Waals surface area contributed by atoms with Gasteiger partial charge in [0.15, 0.2) is 5.78 Å². The molecule has 2 aliphatic heterocycles. The average molecular weight is 436 g/mol. The van der Waals surface area contributed by atoms with Gasteiger partial charge < -0.3 is 30.5 Å². The van der Waals surface area contributed by atoms with Crippen LogP contribution >= 0.6 is 0 Å². The number of nitrogens with two attached hydrogens (primary N) is 1. The summed E-state index contributed by atoms with van der Waals surface area (Å²) in [5, 5.41) is 34.8. The molecule has 5 N–H and O–H groups in total. The van der Waals surface area contributed by atoms with Gasteiger partial charge in [-0.2, -0.15) is 0 Å². The van der Waals surface area contributed by atoms with E-state index in [0.717, 1.165) is 0 Å². The van der Waals surface area contributed by atoms with Crippen LogP contribution in [-0.2, 0) is 19.1 Å². The number of ketones is 1. The van der Waals surface area contributed by atoms with Crippen molar-refractivity contribution in [2.45, 2.75) is 76.6 Å². The highest BCUT2D eigenvalue weighted by Crippen LogP contribution is 2.76. The summed E-state index contributed by atoms with van der Waals surface area (Å²) >= 11 is 0. The molecule has 2 spiro atoms. The molecule has 172 valence electrons. The fourth-order valence-electron chi connectivity index (χ4n) is 8.29. The van der Waals surface area contributed by atoms with Crippen molar-refractivity contribution >= 4 is 11.8 Å². The van der Waals surface area contributed by atoms with Crippen molar-refractivity contribution in [1.29, 1.82) is 0 Å². The molecule has 0 aromatic heterocycles. The molecule has 31 heavy (non-hydrogen) atoms. The third-order valence-electron chi connectivity index (χ3n) is 9.48. The number of hydrogen-bond acceptors (Lipinski definition) is 8. The van der Waals surface area contributed by atoms with E-state index in [2.05, 4.69) is 6.58 Å². The second kappa shape index (κ2) is 6.17. The molecule has 4 aliphatic carbocycles. The van der Waals surface area contributed by atoms with Crippen LogP contribution in [0.25, 0.3) is 0 Å². The van der Waals surface area contributed by atoms with Gasteiger partial charge >= 0.3 is 5.97 Å². The minimum atomic E-state index is -2.22. The Bertz CT molecular complexity index is 870. The third-order valence-corrected chi connectivity index (χ3v) is 9.48. The summed E-state index contributed by atoms with van der Waals surface area (Å²) < 4.78 is 11.9. The molecular formula is C23H33NO7. The lowest BCUT2D eigenvalue weighted by molar-refractivity contribution is -0.458. The molecule has 0 amide bonds. The van der Waals surface area contributed by atoms with Crippen molar-refractivity contribution in [3.8, 4) is 0 Å². The number of ether oxygens (including phenoxy) is 2. The van der Waals surface area contributed by atoms with E-state index in [0.29, 0.717) is 25.7 Å². The number of hydrogen-bond donors (Lipinski definition) is 4. The monoisotopic (exact) mass is 435 g/mol. The summed E-state index contributed by atoms with van der Waals surface area (Å²) in [6.45, 7) is 9.56. The summed E-state index contributed by atoms with van der Waals surface area (Å²) in [5.74, 6) is -4.69. The first-order valence-electron chi connectivity index (χ1n) is 11.3. The third kappa shape index (κ3) is 2.14. The highest BCUT2D eigenvalue weighted by Gasteiger charge is 2.87. The molecular weight excluding hydrogens is 402 g/mol. The van der Waals surface area contributed by atoms with Gasteiger partial charge in [0.05, 0.1) is 12.7 Å². The summed E-state index contributed by atoms with van der Waals surface area (Å²) in [6, 6.07) is -0.817. The Morgan fingerprint density at radius 3 is 2.58 bits per heavy atom. The first kappa shape index (κ1) is 21.5. The fourth-order valence-corrected chi connectivity index (χ4v) is 8.29. The van der Waals surface area contributed by atoms with Crippen LogP contribution < -0.4 is 5.73 Å². The van der Waals surface area contributed by atoms with Crippen LogP contribution in [0, 0.1) is 34.0 Å². The van der Waals surface area contributed by atoms with Gasteiger partial charge in [-0.3, -0.25) is 9.59 Å². The number of fused-ring (bicyclic) bond motifs is 2. The second-order valence-electron chi connectivity index (χ2n) is 11.2. The number of esters is 1. The topological polar surface area (TPSA) is 139 Å². The van der Waals surface area contributed by atoms with Crippen LogP contribution in [0.2, 0.25) is 0 Å². The van der Waals surface area contributed by atoms with E-state index in [9.17, 15) is 24.9 Å². The van der Waals surface area contributed by atoms with Crippen LogP contribution in [0.3, 0.4) is 0 Å². The molecule has 2 heterocycles. The minimum Gasteiger partial charge on any atom is -0.461 e. The first-order chi connectivity index (χ1) is 14.4. The SMILES string of the molecule is C=C1C(=O)C23C(CCC1[C@H]2O)C12CO[C@@]3(O)[C@@H](O)C1C(C)(C)CC[C@@H]2OC(=O)C(C)N. The van der Waals surface area contributed by atoms with E-state index >= 15 is 0 Å². The predicted octanol–water partition coefficient (Wildman–Crippen LogP) is 0.274. The number of aliphatic hydroxyl groups excluding tert-OH is 2. The largest absolute Gasteiger partial charge is 0.461 e. The molecule has 6 fully saturated rings. The summed E-state index contributed by atoms with van der Waals surface area (Å²) in [5.41, 5.74) is 3.00. The number of aliphatic hydroxyl groups is 3. The van der Waals surface area contributed by atoms with E-state index in [1.807, 2.05) is 13.8 Å². The molecule has 10 atom stereocenters. The van der Waals surface area contributed by atoms with Gasteiger partial charge in [0.2, 0.25) is 5.79 Å². The van der Waals surface area contributed by atoms with Crippen molar-refractivity contribution in [3.63, 3.8) is 0 Å². The van der Waals surface area contributed by atoms with Crippen LogP contribution in [-0.4, -0.2) is 63.8 Å². The van der Waals surface area contributed by atoms with Gasteiger partial charge in [0, 0.05) is 17.3 Å². The maximum atomic E-state index is 13.6. The standard InChI is InChI=1S/C23H33NO7/c1-10-12-5-6-13-21-9-30-23(29,22(13,16(10)25)17(12)26)18(27)15(21)20(3,4)8-7-14(21)31-19(28)11(2)24/h11-15,17-18,26-27,29H,1,5-9,24H2,2-4H3/t11?,12?,13?,14-,15?,17+,18-,21?,22?,23-/m0/s1. The molecule has 4 saturated carbocycles. The number of carbonyl (C=O) groups is 2. The molecule has 4 bridgehead atoms. The lowest BCUT2D eigenvalue weighted by Crippen LogP contribution is -2.85. The second-order valence-corrected chi connectivity index (χ2v) is 11.2. The lowest BCUT2D eigenvalue weighted by atomic mass is 9.35. The van der Waals surface area contributed by atoms with Gasteiger partial charge in [0.1, 0.15) is 23.7 Å². The Labute approximate surface area is 181 Å². The zero-order chi connectivity index (χ0) is 22.7. The Hall–Kier alpha value is -1.32. The Morgan fingerprint density at radius 1 is 1.26 bits per heavy atom. The van der Waals surface area contributed by atoms with Crippen LogP contribution in [0.4, 0.5) is 0 Å². The van der Waals surface area contributed by atoms with Crippen molar-refractivity contribution in [3.05, 3.63) is 12.2 Å². The highest BCUT2D eigenvalue weighted by molar-refractivity contribution is 6.05. The zero-order valence-electron chi connectivity index (χ0n) is 18.3. The van der Waals surface area contributed by atoms with Crippen LogP contribution in [0.5, 0.6) is 0 Å². The van der Waals surface area contributed by atoms with Crippen molar-refractivity contribution in [1.82, 2.24) is 0 Å². The van der Waals surface area contributed by atoms with Crippen LogP contribution in [0.1, 0.15) is 46.5 Å². The quantitative estimate of drug-likeness (QED) is 0.358. The van der Waals surface area contributed by atoms with Crippen molar-refractivity contribution in [2.24, 2.45) is 39.7 Å². The molecule has 6 rings (SSSR count). The molecule has 0 aromatic rings. The molecule has 8 nitrogen and oxygen atoms in total. The highest BCUT2D eigenvalue weighted by atomic mass is 16.6. The normalized spacial score (nSPS) is 53.0. The Balaban J connectivity index is 1.74. The summed E-state index contributed by atoms with van der Waals surface area (Å²) in [4.78, 5) is 26.2. The lowest BCUT2D eigenvalue weighted by Gasteiger charge is -2.74. The van der Waals surface area contributed by atoms with Crippen molar-refractivity contribution < 1.29 is 34.4 Å². The molecule has 0 radical (unpaired) electrons. The van der Waals surface area contributed by atoms with Gasteiger partial charge in [-0.1, -0.05) is 20.4 Å². The average Bonchev–Trinajstić information content (AvgIpc) is 2.80.